The Morgan fingerprint density at radius 1 is 1.35 bits per heavy atom. The maximum Gasteiger partial charge on any atom is 0.261 e. The third kappa shape index (κ3) is 4.58. The van der Waals surface area contributed by atoms with Crippen molar-refractivity contribution >= 4 is 0 Å². The first kappa shape index (κ1) is 13.7. The van der Waals surface area contributed by atoms with Crippen LogP contribution >= 0.6 is 0 Å². The van der Waals surface area contributed by atoms with E-state index in [1.165, 1.54) is 19.5 Å². The predicted molar refractivity (Wildman–Crippen MR) is 55.0 cm³/mol. The number of nitrogens with zero attached hydrogens (tertiary/aromatic N) is 2. The topological polar surface area (TPSA) is 64.5 Å². The van der Waals surface area contributed by atoms with Gasteiger partial charge in [-0.05, 0) is 0 Å². The lowest BCUT2D eigenvalue weighted by atomic mass is 10.2. The molecule has 5 nitrogen and oxygen atoms in total. The highest BCUT2D eigenvalue weighted by Crippen LogP contribution is 2.21. The number of rotatable bonds is 7. The fourth-order valence-corrected chi connectivity index (χ4v) is 1.23. The monoisotopic (exact) mass is 248 g/mol. The van der Waals surface area contributed by atoms with Crippen molar-refractivity contribution in [1.29, 1.82) is 0 Å². The van der Waals surface area contributed by atoms with Crippen LogP contribution in [-0.4, -0.2) is 41.8 Å². The number of ether oxygens (including phenoxy) is 2. The van der Waals surface area contributed by atoms with Gasteiger partial charge in [0.2, 0.25) is 5.88 Å². The van der Waals surface area contributed by atoms with Gasteiger partial charge in [0.25, 0.3) is 6.43 Å². The van der Waals surface area contributed by atoms with Crippen molar-refractivity contribution in [2.75, 3.05) is 20.3 Å². The van der Waals surface area contributed by atoms with E-state index < -0.39 is 19.1 Å². The summed E-state index contributed by atoms with van der Waals surface area (Å²) in [5.41, 5.74) is 0.274. The van der Waals surface area contributed by atoms with Crippen molar-refractivity contribution in [2.45, 2.75) is 19.0 Å². The Balaban J connectivity index is 2.43. The van der Waals surface area contributed by atoms with Crippen LogP contribution in [0.5, 0.6) is 5.88 Å². The molecule has 0 saturated carbocycles. The Labute approximate surface area is 97.4 Å². The third-order valence-electron chi connectivity index (χ3n) is 1.98. The zero-order chi connectivity index (χ0) is 12.7. The molecule has 1 aromatic rings. The molecule has 1 unspecified atom stereocenters. The van der Waals surface area contributed by atoms with E-state index in [1.807, 2.05) is 0 Å². The van der Waals surface area contributed by atoms with Gasteiger partial charge in [0.05, 0.1) is 7.11 Å². The summed E-state index contributed by atoms with van der Waals surface area (Å²) in [6.07, 6.45) is -0.444. The van der Waals surface area contributed by atoms with Crippen LogP contribution in [0.1, 0.15) is 18.2 Å². The molecule has 0 amide bonds. The molecule has 1 N–H and O–H groups in total. The van der Waals surface area contributed by atoms with Crippen molar-refractivity contribution in [3.05, 3.63) is 18.1 Å². The van der Waals surface area contributed by atoms with Crippen molar-refractivity contribution in [3.63, 3.8) is 0 Å². The van der Waals surface area contributed by atoms with Crippen molar-refractivity contribution in [3.8, 4) is 5.88 Å². The van der Waals surface area contributed by atoms with E-state index in [4.69, 9.17) is 4.74 Å². The van der Waals surface area contributed by atoms with Crippen LogP contribution in [-0.2, 0) is 4.74 Å². The summed E-state index contributed by atoms with van der Waals surface area (Å²) in [5.74, 6) is 0.217. The molecule has 96 valence electrons. The summed E-state index contributed by atoms with van der Waals surface area (Å²) in [6, 6.07) is 0. The third-order valence-corrected chi connectivity index (χ3v) is 1.98. The van der Waals surface area contributed by atoms with Crippen molar-refractivity contribution in [2.24, 2.45) is 0 Å². The number of methoxy groups -OCH3 is 1. The van der Waals surface area contributed by atoms with Gasteiger partial charge in [-0.3, -0.25) is 4.98 Å². The molecule has 0 aliphatic carbocycles. The first-order valence-corrected chi connectivity index (χ1v) is 5.04. The normalized spacial score (nSPS) is 12.8. The first-order valence-electron chi connectivity index (χ1n) is 5.04. The maximum absolute atomic E-state index is 11.8. The summed E-state index contributed by atoms with van der Waals surface area (Å²) in [5, 5.41) is 9.75. The quantitative estimate of drug-likeness (QED) is 0.734. The summed E-state index contributed by atoms with van der Waals surface area (Å²) in [4.78, 5) is 7.79. The van der Waals surface area contributed by atoms with Gasteiger partial charge in [-0.25, -0.2) is 13.8 Å². The lowest BCUT2D eigenvalue weighted by Crippen LogP contribution is -2.10. The summed E-state index contributed by atoms with van der Waals surface area (Å²) >= 11 is 0. The summed E-state index contributed by atoms with van der Waals surface area (Å²) in [6.45, 7) is -0.616. The van der Waals surface area contributed by atoms with Gasteiger partial charge in [-0.2, -0.15) is 0 Å². The van der Waals surface area contributed by atoms with E-state index in [-0.39, 0.29) is 24.6 Å². The van der Waals surface area contributed by atoms with E-state index in [2.05, 4.69) is 14.7 Å². The van der Waals surface area contributed by atoms with E-state index in [0.29, 0.717) is 0 Å². The molecule has 0 aliphatic rings. The minimum atomic E-state index is -2.50. The molecule has 7 heteroatoms. The second kappa shape index (κ2) is 7.08. The molecule has 0 bridgehead atoms. The first-order chi connectivity index (χ1) is 8.15. The molecule has 17 heavy (non-hydrogen) atoms. The molecule has 0 aliphatic heterocycles. The van der Waals surface area contributed by atoms with Crippen molar-refractivity contribution < 1.29 is 23.4 Å². The number of hydrogen-bond donors (Lipinski definition) is 1. The molecular formula is C10H14F2N2O3. The van der Waals surface area contributed by atoms with E-state index in [1.54, 1.807) is 0 Å². The minimum Gasteiger partial charge on any atom is -0.480 e. The largest absolute Gasteiger partial charge is 0.480 e. The van der Waals surface area contributed by atoms with Crippen LogP contribution in [0, 0.1) is 0 Å². The molecule has 1 heterocycles. The minimum absolute atomic E-state index is 0.0191. The summed E-state index contributed by atoms with van der Waals surface area (Å²) in [7, 11) is 1.41. The van der Waals surface area contributed by atoms with Crippen LogP contribution in [0.4, 0.5) is 8.78 Å². The highest BCUT2D eigenvalue weighted by Gasteiger charge is 2.15. The standard InChI is InChI=1S/C10H14F2N2O3/c1-16-10-9(13-3-4-14-10)7(15)2-5-17-6-8(11)12/h3-4,7-8,15H,2,5-6H2,1H3. The Hall–Kier alpha value is -1.34. The molecule has 1 atom stereocenters. The number of halogens is 2. The van der Waals surface area contributed by atoms with E-state index in [0.717, 1.165) is 0 Å². The molecule has 0 aromatic carbocycles. The van der Waals surface area contributed by atoms with E-state index >= 15 is 0 Å². The molecule has 0 radical (unpaired) electrons. The average Bonchev–Trinajstić information content (AvgIpc) is 2.34. The Bertz CT molecular complexity index is 339. The second-order valence-corrected chi connectivity index (χ2v) is 3.22. The van der Waals surface area contributed by atoms with Gasteiger partial charge in [0.1, 0.15) is 18.4 Å². The number of aliphatic hydroxyl groups excluding tert-OH is 1. The summed E-state index contributed by atoms with van der Waals surface area (Å²) < 4.78 is 33.1. The Kier molecular flexibility index (Phi) is 5.71. The zero-order valence-corrected chi connectivity index (χ0v) is 9.34. The van der Waals surface area contributed by atoms with Crippen LogP contribution in [0.15, 0.2) is 12.4 Å². The molecule has 0 saturated heterocycles. The second-order valence-electron chi connectivity index (χ2n) is 3.22. The lowest BCUT2D eigenvalue weighted by molar-refractivity contribution is 0.00410. The van der Waals surface area contributed by atoms with Gasteiger partial charge in [-0.15, -0.1) is 0 Å². The SMILES string of the molecule is COc1nccnc1C(O)CCOCC(F)F. The molecule has 1 rings (SSSR count). The van der Waals surface area contributed by atoms with Gasteiger partial charge in [0, 0.05) is 25.4 Å². The lowest BCUT2D eigenvalue weighted by Gasteiger charge is -2.12. The number of aliphatic hydroxyl groups is 1. The van der Waals surface area contributed by atoms with Crippen LogP contribution in [0.2, 0.25) is 0 Å². The highest BCUT2D eigenvalue weighted by atomic mass is 19.3. The smallest absolute Gasteiger partial charge is 0.261 e. The fourth-order valence-electron chi connectivity index (χ4n) is 1.23. The number of alkyl halides is 2. The number of hydrogen-bond acceptors (Lipinski definition) is 5. The zero-order valence-electron chi connectivity index (χ0n) is 9.34. The Morgan fingerprint density at radius 2 is 2.06 bits per heavy atom. The van der Waals surface area contributed by atoms with Crippen LogP contribution in [0.3, 0.4) is 0 Å². The maximum atomic E-state index is 11.8. The fraction of sp³-hybridized carbons (Fsp3) is 0.600. The average molecular weight is 248 g/mol. The predicted octanol–water partition coefficient (Wildman–Crippen LogP) is 1.19. The molecule has 0 fully saturated rings. The van der Waals surface area contributed by atoms with E-state index in [9.17, 15) is 13.9 Å². The van der Waals surface area contributed by atoms with Gasteiger partial charge < -0.3 is 14.6 Å². The van der Waals surface area contributed by atoms with Crippen LogP contribution < -0.4 is 4.74 Å². The highest BCUT2D eigenvalue weighted by molar-refractivity contribution is 5.19. The van der Waals surface area contributed by atoms with Gasteiger partial charge in [-0.1, -0.05) is 0 Å². The van der Waals surface area contributed by atoms with Gasteiger partial charge in [0.15, 0.2) is 0 Å². The number of aromatic nitrogens is 2. The van der Waals surface area contributed by atoms with Crippen LogP contribution in [0.25, 0.3) is 0 Å². The molecular weight excluding hydrogens is 234 g/mol. The van der Waals surface area contributed by atoms with Crippen molar-refractivity contribution in [1.82, 2.24) is 9.97 Å². The van der Waals surface area contributed by atoms with Gasteiger partial charge >= 0.3 is 0 Å². The Morgan fingerprint density at radius 3 is 2.71 bits per heavy atom. The molecule has 0 spiro atoms. The molecule has 1 aromatic heterocycles.